The van der Waals surface area contributed by atoms with Gasteiger partial charge in [-0.3, -0.25) is 0 Å². The second-order valence-electron chi connectivity index (χ2n) is 10.8. The zero-order chi connectivity index (χ0) is 34.0. The molecular formula is C23H42O22. The summed E-state index contributed by atoms with van der Waals surface area (Å²) in [6.07, 6.45) is -29.4. The molecule has 19 atom stereocenters. The van der Waals surface area contributed by atoms with Crippen molar-refractivity contribution in [1.29, 1.82) is 0 Å². The van der Waals surface area contributed by atoms with Gasteiger partial charge in [-0.15, -0.1) is 0 Å². The van der Waals surface area contributed by atoms with Crippen molar-refractivity contribution in [3.8, 4) is 0 Å². The molecule has 266 valence electrons. The number of ether oxygens (including phenoxy) is 6. The summed E-state index contributed by atoms with van der Waals surface area (Å²) in [5, 5.41) is 153. The predicted octanol–water partition coefficient (Wildman–Crippen LogP) is -10.8. The van der Waals surface area contributed by atoms with Crippen LogP contribution in [0.1, 0.15) is 0 Å². The summed E-state index contributed by atoms with van der Waals surface area (Å²) in [6.45, 7) is -3.01. The van der Waals surface area contributed by atoms with Crippen LogP contribution in [-0.2, 0) is 28.4 Å². The molecule has 0 amide bonds. The molecule has 4 saturated heterocycles. The van der Waals surface area contributed by atoms with Gasteiger partial charge in [0.05, 0.1) is 19.8 Å². The van der Waals surface area contributed by atoms with Crippen LogP contribution in [0, 0.1) is 0 Å². The van der Waals surface area contributed by atoms with Gasteiger partial charge in [0, 0.05) is 0 Å². The first-order valence-electron chi connectivity index (χ1n) is 13.7. The Hall–Kier alpha value is -0.880. The molecule has 0 aromatic carbocycles. The third-order valence-electron chi connectivity index (χ3n) is 7.75. The van der Waals surface area contributed by atoms with Gasteiger partial charge in [-0.05, 0) is 0 Å². The van der Waals surface area contributed by atoms with E-state index in [0.29, 0.717) is 0 Å². The highest BCUT2D eigenvalue weighted by atomic mass is 16.8. The molecule has 45 heavy (non-hydrogen) atoms. The lowest BCUT2D eigenvalue weighted by Gasteiger charge is -2.44. The average Bonchev–Trinajstić information content (AvgIpc) is 3.27. The Kier molecular flexibility index (Phi) is 13.7. The van der Waals surface area contributed by atoms with Crippen molar-refractivity contribution in [3.63, 3.8) is 0 Å². The first kappa shape index (κ1) is 38.6. The molecule has 4 heterocycles. The SMILES string of the molecule is OC[C@H]1OC(CO)(O[C@H]2O[C@H](CO)[C@@H](O)[C@H](O)[C@H]2O)[C@@H](O)[C@@H]1O.OC[C@H]1O[C@@H](O)[C@H](O)[C@H](O)[C@@H]1OC1OC(O)C(O)C(O)C1O. The van der Waals surface area contributed by atoms with E-state index in [1.54, 1.807) is 0 Å². The maximum absolute atomic E-state index is 10.00. The second kappa shape index (κ2) is 16.0. The molecule has 0 radical (unpaired) electrons. The Morgan fingerprint density at radius 2 is 0.978 bits per heavy atom. The van der Waals surface area contributed by atoms with Gasteiger partial charge >= 0.3 is 0 Å². The topological polar surface area (TPSA) is 379 Å². The van der Waals surface area contributed by atoms with Crippen molar-refractivity contribution in [1.82, 2.24) is 0 Å². The van der Waals surface area contributed by atoms with E-state index in [1.165, 1.54) is 0 Å². The van der Waals surface area contributed by atoms with Crippen LogP contribution < -0.4 is 0 Å². The fraction of sp³-hybridized carbons (Fsp3) is 1.00. The third-order valence-corrected chi connectivity index (χ3v) is 7.75. The smallest absolute Gasteiger partial charge is 0.224 e. The molecule has 4 rings (SSSR count). The van der Waals surface area contributed by atoms with Crippen LogP contribution in [-0.4, -0.2) is 225 Å². The predicted molar refractivity (Wildman–Crippen MR) is 132 cm³/mol. The van der Waals surface area contributed by atoms with Crippen molar-refractivity contribution >= 4 is 0 Å². The van der Waals surface area contributed by atoms with Gasteiger partial charge < -0.3 is 110 Å². The maximum Gasteiger partial charge on any atom is 0.224 e. The van der Waals surface area contributed by atoms with E-state index >= 15 is 0 Å². The first-order valence-corrected chi connectivity index (χ1v) is 13.7. The normalized spacial score (nSPS) is 52.3. The van der Waals surface area contributed by atoms with E-state index in [2.05, 4.69) is 0 Å². The highest BCUT2D eigenvalue weighted by Gasteiger charge is 2.58. The highest BCUT2D eigenvalue weighted by molar-refractivity contribution is 4.98. The lowest BCUT2D eigenvalue weighted by Crippen LogP contribution is -2.64. The Morgan fingerprint density at radius 3 is 1.51 bits per heavy atom. The molecule has 0 aromatic heterocycles. The van der Waals surface area contributed by atoms with Crippen molar-refractivity contribution < 1.29 is 110 Å². The molecule has 4 aliphatic rings. The average molecular weight is 671 g/mol. The quantitative estimate of drug-likeness (QED) is 0.114. The van der Waals surface area contributed by atoms with E-state index in [1.807, 2.05) is 0 Å². The summed E-state index contributed by atoms with van der Waals surface area (Å²) in [6, 6.07) is 0. The summed E-state index contributed by atoms with van der Waals surface area (Å²) in [5.41, 5.74) is 0. The Bertz CT molecular complexity index is 899. The summed E-state index contributed by atoms with van der Waals surface area (Å²) in [4.78, 5) is 0. The first-order chi connectivity index (χ1) is 21.1. The van der Waals surface area contributed by atoms with Gasteiger partial charge in [0.1, 0.15) is 92.1 Å². The lowest BCUT2D eigenvalue weighted by atomic mass is 9.98. The Labute approximate surface area is 253 Å². The molecule has 22 heteroatoms. The van der Waals surface area contributed by atoms with E-state index in [0.717, 1.165) is 0 Å². The van der Waals surface area contributed by atoms with E-state index in [-0.39, 0.29) is 0 Å². The van der Waals surface area contributed by atoms with Crippen molar-refractivity contribution in [3.05, 3.63) is 0 Å². The van der Waals surface area contributed by atoms with Gasteiger partial charge in [-0.1, -0.05) is 0 Å². The van der Waals surface area contributed by atoms with Gasteiger partial charge in [0.25, 0.3) is 0 Å². The molecule has 6 unspecified atom stereocenters. The fourth-order valence-electron chi connectivity index (χ4n) is 4.96. The number of aliphatic hydroxyl groups excluding tert-OH is 16. The van der Waals surface area contributed by atoms with Crippen LogP contribution in [0.3, 0.4) is 0 Å². The number of rotatable bonds is 8. The molecule has 22 nitrogen and oxygen atoms in total. The Balaban J connectivity index is 0.000000246. The van der Waals surface area contributed by atoms with Crippen LogP contribution in [0.15, 0.2) is 0 Å². The minimum atomic E-state index is -2.22. The van der Waals surface area contributed by atoms with Gasteiger partial charge in [0.2, 0.25) is 5.79 Å². The molecular weight excluding hydrogens is 628 g/mol. The maximum atomic E-state index is 10.00. The van der Waals surface area contributed by atoms with Crippen LogP contribution in [0.5, 0.6) is 0 Å². The lowest BCUT2D eigenvalue weighted by molar-refractivity contribution is -0.383. The van der Waals surface area contributed by atoms with Crippen LogP contribution in [0.25, 0.3) is 0 Å². The summed E-state index contributed by atoms with van der Waals surface area (Å²) in [7, 11) is 0. The highest BCUT2D eigenvalue weighted by Crippen LogP contribution is 2.36. The van der Waals surface area contributed by atoms with E-state index in [4.69, 9.17) is 38.6 Å². The largest absolute Gasteiger partial charge is 0.394 e. The van der Waals surface area contributed by atoms with Crippen LogP contribution in [0.4, 0.5) is 0 Å². The zero-order valence-electron chi connectivity index (χ0n) is 23.3. The monoisotopic (exact) mass is 670 g/mol. The third kappa shape index (κ3) is 7.89. The van der Waals surface area contributed by atoms with E-state index in [9.17, 15) is 71.5 Å². The molecule has 0 aliphatic carbocycles. The van der Waals surface area contributed by atoms with Crippen molar-refractivity contribution in [2.45, 2.75) is 116 Å². The molecule has 16 N–H and O–H groups in total. The van der Waals surface area contributed by atoms with Crippen molar-refractivity contribution in [2.75, 3.05) is 26.4 Å². The van der Waals surface area contributed by atoms with Gasteiger partial charge in [-0.2, -0.15) is 0 Å². The second-order valence-corrected chi connectivity index (χ2v) is 10.8. The van der Waals surface area contributed by atoms with Crippen LogP contribution >= 0.6 is 0 Å². The molecule has 0 spiro atoms. The van der Waals surface area contributed by atoms with Crippen molar-refractivity contribution in [2.24, 2.45) is 0 Å². The van der Waals surface area contributed by atoms with Crippen LogP contribution in [0.2, 0.25) is 0 Å². The molecule has 4 fully saturated rings. The Morgan fingerprint density at radius 1 is 0.467 bits per heavy atom. The zero-order valence-corrected chi connectivity index (χ0v) is 23.3. The molecule has 4 aliphatic heterocycles. The van der Waals surface area contributed by atoms with Gasteiger partial charge in [-0.25, -0.2) is 0 Å². The standard InChI is InChI=1S/C12H22O11.C11H20O11/c13-1-4-6(16)8(18)9(19)11(21-4)23-12(3-15)10(20)7(17)5(2-14)22-12;12-1-2-8(4(14)6(16)9(18)20-2)21-11-7(17)3(13)5(15)10(19)22-11/h4-11,13-20H,1-3H2;2-19H,1H2/t4-,5-,6-,7-,8+,9-,10+,11-,12?;2-,3?,4+,5?,6-,7?,8-,9-,10?,11?/m11/s1. The molecule has 0 bridgehead atoms. The summed E-state index contributed by atoms with van der Waals surface area (Å²) < 4.78 is 30.2. The molecule has 0 aromatic rings. The van der Waals surface area contributed by atoms with Gasteiger partial charge in [0.15, 0.2) is 25.2 Å². The number of aliphatic hydroxyl groups is 16. The fourth-order valence-corrected chi connectivity index (χ4v) is 4.96. The summed E-state index contributed by atoms with van der Waals surface area (Å²) >= 11 is 0. The number of hydrogen-bond acceptors (Lipinski definition) is 22. The number of hydrogen-bond donors (Lipinski definition) is 16. The minimum absolute atomic E-state index is 0.669. The molecule has 0 saturated carbocycles. The summed E-state index contributed by atoms with van der Waals surface area (Å²) in [5.74, 6) is -2.22. The van der Waals surface area contributed by atoms with E-state index < -0.39 is 143 Å². The minimum Gasteiger partial charge on any atom is -0.394 e.